The Labute approximate surface area is 106 Å². The summed E-state index contributed by atoms with van der Waals surface area (Å²) in [5.74, 6) is -0.189. The summed E-state index contributed by atoms with van der Waals surface area (Å²) in [7, 11) is 0. The van der Waals surface area contributed by atoms with E-state index in [1.807, 2.05) is 6.92 Å². The second-order valence-electron chi connectivity index (χ2n) is 3.99. The van der Waals surface area contributed by atoms with Crippen LogP contribution in [0.3, 0.4) is 0 Å². The van der Waals surface area contributed by atoms with Gasteiger partial charge in [-0.15, -0.1) is 11.6 Å². The quantitative estimate of drug-likeness (QED) is 0.615. The van der Waals surface area contributed by atoms with Crippen molar-refractivity contribution >= 4 is 17.5 Å². The second-order valence-corrected chi connectivity index (χ2v) is 4.37. The number of hydrogen-bond donors (Lipinski definition) is 1. The number of amides is 1. The van der Waals surface area contributed by atoms with E-state index in [2.05, 4.69) is 5.32 Å². The number of alkyl halides is 1. The number of rotatable bonds is 6. The molecule has 0 aliphatic heterocycles. The molecule has 1 aromatic rings. The fraction of sp³-hybridized carbons (Fsp3) is 0.462. The summed E-state index contributed by atoms with van der Waals surface area (Å²) in [4.78, 5) is 11.7. The Kier molecular flexibility index (Phi) is 5.98. The molecule has 0 aromatic heterocycles. The molecule has 2 nitrogen and oxygen atoms in total. The van der Waals surface area contributed by atoms with Crippen LogP contribution < -0.4 is 5.32 Å². The predicted octanol–water partition coefficient (Wildman–Crippen LogP) is 3.27. The Morgan fingerprint density at radius 2 is 2.12 bits per heavy atom. The summed E-state index contributed by atoms with van der Waals surface area (Å²) in [6.07, 6.45) is 2.78. The number of unbranched alkanes of at least 4 members (excludes halogenated alkanes) is 2. The van der Waals surface area contributed by atoms with E-state index >= 15 is 0 Å². The number of halogens is 2. The highest BCUT2D eigenvalue weighted by Crippen LogP contribution is 2.09. The van der Waals surface area contributed by atoms with Crippen molar-refractivity contribution < 1.29 is 9.18 Å². The fourth-order valence-electron chi connectivity index (χ4n) is 1.51. The van der Waals surface area contributed by atoms with Crippen LogP contribution in [0.5, 0.6) is 0 Å². The van der Waals surface area contributed by atoms with Gasteiger partial charge in [-0.2, -0.15) is 0 Å². The first-order chi connectivity index (χ1) is 8.15. The highest BCUT2D eigenvalue weighted by Gasteiger charge is 2.10. The Bertz CT molecular complexity index is 382. The minimum Gasteiger partial charge on any atom is -0.352 e. The normalized spacial score (nSPS) is 10.3. The van der Waals surface area contributed by atoms with Gasteiger partial charge in [0.1, 0.15) is 5.82 Å². The zero-order valence-electron chi connectivity index (χ0n) is 9.93. The summed E-state index contributed by atoms with van der Waals surface area (Å²) in [6.45, 7) is 2.39. The monoisotopic (exact) mass is 257 g/mol. The van der Waals surface area contributed by atoms with Crippen molar-refractivity contribution in [3.05, 3.63) is 35.1 Å². The van der Waals surface area contributed by atoms with Gasteiger partial charge in [-0.25, -0.2) is 4.39 Å². The molecule has 1 amide bonds. The molecule has 0 bridgehead atoms. The lowest BCUT2D eigenvalue weighted by molar-refractivity contribution is 0.0949. The molecule has 4 heteroatoms. The van der Waals surface area contributed by atoms with Crippen molar-refractivity contribution in [2.75, 3.05) is 12.4 Å². The Morgan fingerprint density at radius 1 is 1.35 bits per heavy atom. The van der Waals surface area contributed by atoms with Crippen molar-refractivity contribution in [1.82, 2.24) is 5.32 Å². The summed E-state index contributed by atoms with van der Waals surface area (Å²) in [5.41, 5.74) is 0.987. The fourth-order valence-corrected chi connectivity index (χ4v) is 1.70. The molecule has 17 heavy (non-hydrogen) atoms. The summed E-state index contributed by atoms with van der Waals surface area (Å²) in [5, 5.41) is 2.70. The van der Waals surface area contributed by atoms with Crippen LogP contribution in [-0.4, -0.2) is 18.3 Å². The van der Waals surface area contributed by atoms with Crippen LogP contribution >= 0.6 is 11.6 Å². The zero-order chi connectivity index (χ0) is 12.7. The van der Waals surface area contributed by atoms with E-state index in [1.165, 1.54) is 6.07 Å². The maximum atomic E-state index is 13.4. The van der Waals surface area contributed by atoms with Gasteiger partial charge < -0.3 is 5.32 Å². The minimum absolute atomic E-state index is 0.113. The molecule has 0 spiro atoms. The van der Waals surface area contributed by atoms with E-state index in [9.17, 15) is 9.18 Å². The van der Waals surface area contributed by atoms with Crippen molar-refractivity contribution in [3.8, 4) is 0 Å². The molecule has 0 aliphatic carbocycles. The van der Waals surface area contributed by atoms with Crippen molar-refractivity contribution in [3.63, 3.8) is 0 Å². The number of nitrogens with one attached hydrogen (secondary N) is 1. The summed E-state index contributed by atoms with van der Waals surface area (Å²) in [6, 6.07) is 4.52. The first-order valence-electron chi connectivity index (χ1n) is 5.75. The van der Waals surface area contributed by atoms with E-state index in [4.69, 9.17) is 11.6 Å². The molecule has 0 aliphatic rings. The first-order valence-corrected chi connectivity index (χ1v) is 6.29. The van der Waals surface area contributed by atoms with Crippen molar-refractivity contribution in [2.45, 2.75) is 26.2 Å². The highest BCUT2D eigenvalue weighted by molar-refractivity contribution is 6.17. The lowest BCUT2D eigenvalue weighted by atomic mass is 10.1. The van der Waals surface area contributed by atoms with Crippen LogP contribution in [0.1, 0.15) is 35.2 Å². The molecule has 0 saturated carbocycles. The second kappa shape index (κ2) is 7.28. The van der Waals surface area contributed by atoms with Gasteiger partial charge in [0.2, 0.25) is 0 Å². The van der Waals surface area contributed by atoms with Crippen LogP contribution in [0.15, 0.2) is 18.2 Å². The molecule has 0 saturated heterocycles. The van der Waals surface area contributed by atoms with Gasteiger partial charge in [-0.3, -0.25) is 4.79 Å². The molecule has 0 atom stereocenters. The van der Waals surface area contributed by atoms with Gasteiger partial charge in [0.05, 0.1) is 5.56 Å². The molecule has 0 radical (unpaired) electrons. The van der Waals surface area contributed by atoms with E-state index < -0.39 is 5.82 Å². The summed E-state index contributed by atoms with van der Waals surface area (Å²) < 4.78 is 13.4. The van der Waals surface area contributed by atoms with Crippen molar-refractivity contribution in [1.29, 1.82) is 0 Å². The van der Waals surface area contributed by atoms with Crippen LogP contribution in [-0.2, 0) is 0 Å². The van der Waals surface area contributed by atoms with Gasteiger partial charge in [0.25, 0.3) is 5.91 Å². The molecular weight excluding hydrogens is 241 g/mol. The van der Waals surface area contributed by atoms with Gasteiger partial charge in [-0.1, -0.05) is 18.1 Å². The lowest BCUT2D eigenvalue weighted by Gasteiger charge is -2.06. The van der Waals surface area contributed by atoms with Crippen LogP contribution in [0.4, 0.5) is 4.39 Å². The van der Waals surface area contributed by atoms with E-state index in [0.29, 0.717) is 12.4 Å². The molecule has 0 heterocycles. The third kappa shape index (κ3) is 4.73. The Hall–Kier alpha value is -1.09. The maximum absolute atomic E-state index is 13.4. The molecule has 0 fully saturated rings. The standard InChI is InChI=1S/C13H17ClFNO/c1-10-5-6-12(15)11(9-10)13(17)16-8-4-2-3-7-14/h5-6,9H,2-4,7-8H2,1H3,(H,16,17). The van der Waals surface area contributed by atoms with E-state index in [1.54, 1.807) is 12.1 Å². The maximum Gasteiger partial charge on any atom is 0.254 e. The lowest BCUT2D eigenvalue weighted by Crippen LogP contribution is -2.25. The van der Waals surface area contributed by atoms with Crippen LogP contribution in [0.2, 0.25) is 0 Å². The van der Waals surface area contributed by atoms with Crippen molar-refractivity contribution in [2.24, 2.45) is 0 Å². The largest absolute Gasteiger partial charge is 0.352 e. The average Bonchev–Trinajstić information content (AvgIpc) is 2.32. The SMILES string of the molecule is Cc1ccc(F)c(C(=O)NCCCCCCl)c1. The topological polar surface area (TPSA) is 29.1 Å². The molecule has 1 rings (SSSR count). The molecule has 0 unspecified atom stereocenters. The van der Waals surface area contributed by atoms with Crippen LogP contribution in [0.25, 0.3) is 0 Å². The highest BCUT2D eigenvalue weighted by atomic mass is 35.5. The third-order valence-corrected chi connectivity index (χ3v) is 2.73. The van der Waals surface area contributed by atoms with Gasteiger partial charge in [0, 0.05) is 12.4 Å². The van der Waals surface area contributed by atoms with Gasteiger partial charge in [-0.05, 0) is 31.9 Å². The average molecular weight is 258 g/mol. The summed E-state index contributed by atoms with van der Waals surface area (Å²) >= 11 is 5.54. The Morgan fingerprint density at radius 3 is 2.82 bits per heavy atom. The van der Waals surface area contributed by atoms with Gasteiger partial charge >= 0.3 is 0 Å². The van der Waals surface area contributed by atoms with E-state index in [-0.39, 0.29) is 11.5 Å². The number of carbonyl (C=O) groups excluding carboxylic acids is 1. The smallest absolute Gasteiger partial charge is 0.254 e. The Balaban J connectivity index is 2.44. The molecule has 1 N–H and O–H groups in total. The number of carbonyl (C=O) groups is 1. The molecular formula is C13H17ClFNO. The zero-order valence-corrected chi connectivity index (χ0v) is 10.7. The van der Waals surface area contributed by atoms with Gasteiger partial charge in [0.15, 0.2) is 0 Å². The molecule has 94 valence electrons. The van der Waals surface area contributed by atoms with Crippen LogP contribution in [0, 0.1) is 12.7 Å². The molecule has 1 aromatic carbocycles. The minimum atomic E-state index is -0.478. The number of hydrogen-bond acceptors (Lipinski definition) is 1. The number of aryl methyl sites for hydroxylation is 1. The number of benzene rings is 1. The predicted molar refractivity (Wildman–Crippen MR) is 68.0 cm³/mol. The first kappa shape index (κ1) is 14.0. The van der Waals surface area contributed by atoms with E-state index in [0.717, 1.165) is 24.8 Å². The third-order valence-electron chi connectivity index (χ3n) is 2.46.